The van der Waals surface area contributed by atoms with Gasteiger partial charge in [0.15, 0.2) is 5.11 Å². The number of benzene rings is 1. The van der Waals surface area contributed by atoms with E-state index in [2.05, 4.69) is 15.4 Å². The molecule has 0 aliphatic rings. The minimum Gasteiger partial charge on any atom is -0.463 e. The first kappa shape index (κ1) is 25.0. The Labute approximate surface area is 176 Å². The fourth-order valence-corrected chi connectivity index (χ4v) is 3.71. The van der Waals surface area contributed by atoms with Crippen molar-refractivity contribution in [3.63, 3.8) is 0 Å². The molecule has 1 aromatic carbocycles. The van der Waals surface area contributed by atoms with E-state index in [1.165, 1.54) is 31.4 Å². The maximum Gasteiger partial charge on any atom is 0.306 e. The van der Waals surface area contributed by atoms with Crippen molar-refractivity contribution in [2.45, 2.75) is 44.0 Å². The van der Waals surface area contributed by atoms with Crippen LogP contribution in [0.4, 0.5) is 5.69 Å². The van der Waals surface area contributed by atoms with Crippen LogP contribution in [0.3, 0.4) is 0 Å². The maximum absolute atomic E-state index is 12.3. The molecule has 1 amide bonds. The van der Waals surface area contributed by atoms with E-state index < -0.39 is 27.4 Å². The minimum atomic E-state index is -3.64. The normalized spacial score (nSPS) is 11.6. The number of nitrogens with one attached hydrogen (secondary N) is 3. The lowest BCUT2D eigenvalue weighted by atomic mass is 10.1. The highest BCUT2D eigenvalue weighted by Crippen LogP contribution is 2.16. The minimum absolute atomic E-state index is 0.0335. The summed E-state index contributed by atoms with van der Waals surface area (Å²) >= 11 is 5.05. The van der Waals surface area contributed by atoms with Crippen molar-refractivity contribution in [1.29, 1.82) is 0 Å². The molecule has 0 radical (unpaired) electrons. The number of amides is 1. The van der Waals surface area contributed by atoms with Gasteiger partial charge in [-0.05, 0) is 57.3 Å². The van der Waals surface area contributed by atoms with Gasteiger partial charge in [0.05, 0.1) is 17.9 Å². The Morgan fingerprint density at radius 2 is 1.69 bits per heavy atom. The van der Waals surface area contributed by atoms with Crippen LogP contribution < -0.4 is 15.4 Å². The molecule has 0 saturated carbocycles. The van der Waals surface area contributed by atoms with Crippen LogP contribution in [0.2, 0.25) is 0 Å². The largest absolute Gasteiger partial charge is 0.463 e. The van der Waals surface area contributed by atoms with Crippen molar-refractivity contribution in [3.8, 4) is 0 Å². The summed E-state index contributed by atoms with van der Waals surface area (Å²) in [6, 6.07) is 5.92. The molecule has 0 heterocycles. The maximum atomic E-state index is 12.3. The second-order valence-corrected chi connectivity index (χ2v) is 9.19. The highest BCUT2D eigenvalue weighted by molar-refractivity contribution is 7.89. The number of hydrogen-bond donors (Lipinski definition) is 3. The van der Waals surface area contributed by atoms with Gasteiger partial charge in [0, 0.05) is 24.8 Å². The molecule has 3 N–H and O–H groups in total. The van der Waals surface area contributed by atoms with Gasteiger partial charge in [0.25, 0.3) is 0 Å². The third-order valence-corrected chi connectivity index (χ3v) is 5.20. The smallest absolute Gasteiger partial charge is 0.306 e. The average molecular weight is 446 g/mol. The highest BCUT2D eigenvalue weighted by Gasteiger charge is 2.21. The van der Waals surface area contributed by atoms with E-state index in [1.807, 2.05) is 0 Å². The quantitative estimate of drug-likeness (QED) is 0.297. The number of anilines is 1. The van der Waals surface area contributed by atoms with Gasteiger partial charge in [-0.25, -0.2) is 13.1 Å². The molecule has 1 aromatic rings. The average Bonchev–Trinajstić information content (AvgIpc) is 2.58. The molecule has 0 fully saturated rings. The second kappa shape index (κ2) is 11.2. The predicted octanol–water partition coefficient (Wildman–Crippen LogP) is 1.55. The van der Waals surface area contributed by atoms with Crippen LogP contribution in [0.5, 0.6) is 0 Å². The van der Waals surface area contributed by atoms with Gasteiger partial charge in [-0.3, -0.25) is 9.59 Å². The van der Waals surface area contributed by atoms with Gasteiger partial charge in [0.1, 0.15) is 6.61 Å². The highest BCUT2D eigenvalue weighted by atomic mass is 32.2. The Bertz CT molecular complexity index is 817. The van der Waals surface area contributed by atoms with E-state index in [9.17, 15) is 18.0 Å². The zero-order chi connectivity index (χ0) is 22.1. The Kier molecular flexibility index (Phi) is 9.63. The molecule has 1 rings (SSSR count). The van der Waals surface area contributed by atoms with Crippen molar-refractivity contribution in [1.82, 2.24) is 10.0 Å². The lowest BCUT2D eigenvalue weighted by molar-refractivity contribution is -0.146. The molecule has 0 atom stereocenters. The van der Waals surface area contributed by atoms with Gasteiger partial charge in [-0.2, -0.15) is 0 Å². The van der Waals surface area contributed by atoms with Crippen LogP contribution in [0.15, 0.2) is 29.2 Å². The first-order valence-electron chi connectivity index (χ1n) is 8.82. The lowest BCUT2D eigenvalue weighted by Gasteiger charge is -2.20. The summed E-state index contributed by atoms with van der Waals surface area (Å²) in [6.45, 7) is 5.68. The molecule has 29 heavy (non-hydrogen) atoms. The van der Waals surface area contributed by atoms with Crippen LogP contribution >= 0.6 is 12.2 Å². The summed E-state index contributed by atoms with van der Waals surface area (Å²) in [5.74, 6) is -0.948. The first-order chi connectivity index (χ1) is 13.4. The molecular formula is C18H27N3O6S2. The molecule has 162 valence electrons. The standard InChI is InChI=1S/C18H27N3O6S2/c1-18(2,3)21-29(24,25)14-7-5-13(6-8-14)19-17(28)20-15(22)9-10-16(23)27-12-11-26-4/h5-8,21H,9-12H2,1-4H3,(H2,19,20,22,28). The number of methoxy groups -OCH3 is 1. The SMILES string of the molecule is COCCOC(=O)CCC(=O)NC(=S)Nc1ccc(S(=O)(=O)NC(C)(C)C)cc1. The van der Waals surface area contributed by atoms with E-state index >= 15 is 0 Å². The van der Waals surface area contributed by atoms with Crippen molar-refractivity contribution in [2.24, 2.45) is 0 Å². The third-order valence-electron chi connectivity index (χ3n) is 3.22. The summed E-state index contributed by atoms with van der Waals surface area (Å²) in [4.78, 5) is 23.4. The number of sulfonamides is 1. The molecule has 0 unspecified atom stereocenters. The number of rotatable bonds is 9. The first-order valence-corrected chi connectivity index (χ1v) is 10.7. The topological polar surface area (TPSA) is 123 Å². The number of ether oxygens (including phenoxy) is 2. The number of hydrogen-bond acceptors (Lipinski definition) is 7. The summed E-state index contributed by atoms with van der Waals surface area (Å²) in [5, 5.41) is 5.26. The number of thiocarbonyl (C=S) groups is 1. The van der Waals surface area contributed by atoms with Crippen LogP contribution in [-0.2, 0) is 29.1 Å². The van der Waals surface area contributed by atoms with E-state index in [-0.39, 0.29) is 36.1 Å². The summed E-state index contributed by atoms with van der Waals surface area (Å²) < 4.78 is 36.7. The Morgan fingerprint density at radius 3 is 2.24 bits per heavy atom. The molecule has 0 aliphatic carbocycles. The second-order valence-electron chi connectivity index (χ2n) is 7.10. The van der Waals surface area contributed by atoms with E-state index in [1.54, 1.807) is 20.8 Å². The molecular weight excluding hydrogens is 418 g/mol. The van der Waals surface area contributed by atoms with Crippen LogP contribution in [-0.4, -0.2) is 51.3 Å². The van der Waals surface area contributed by atoms with E-state index in [4.69, 9.17) is 21.7 Å². The number of esters is 1. The third kappa shape index (κ3) is 10.3. The summed E-state index contributed by atoms with van der Waals surface area (Å²) in [7, 11) is -2.15. The Balaban J connectivity index is 2.50. The van der Waals surface area contributed by atoms with Crippen molar-refractivity contribution < 1.29 is 27.5 Å². The molecule has 11 heteroatoms. The molecule has 0 spiro atoms. The summed E-state index contributed by atoms with van der Waals surface area (Å²) in [6.07, 6.45) is -0.158. The molecule has 0 aliphatic heterocycles. The van der Waals surface area contributed by atoms with Crippen molar-refractivity contribution in [2.75, 3.05) is 25.6 Å². The van der Waals surface area contributed by atoms with Crippen LogP contribution in [0.25, 0.3) is 0 Å². The van der Waals surface area contributed by atoms with Gasteiger partial charge >= 0.3 is 5.97 Å². The molecule has 0 bridgehead atoms. The molecule has 0 saturated heterocycles. The molecule has 0 aromatic heterocycles. The fourth-order valence-electron chi connectivity index (χ4n) is 2.06. The lowest BCUT2D eigenvalue weighted by Crippen LogP contribution is -2.40. The van der Waals surface area contributed by atoms with Crippen molar-refractivity contribution in [3.05, 3.63) is 24.3 Å². The Morgan fingerprint density at radius 1 is 1.07 bits per heavy atom. The molecule has 9 nitrogen and oxygen atoms in total. The van der Waals surface area contributed by atoms with Gasteiger partial charge in [0.2, 0.25) is 15.9 Å². The van der Waals surface area contributed by atoms with E-state index in [0.717, 1.165) is 0 Å². The van der Waals surface area contributed by atoms with Crippen LogP contribution in [0, 0.1) is 0 Å². The predicted molar refractivity (Wildman–Crippen MR) is 113 cm³/mol. The fraction of sp³-hybridized carbons (Fsp3) is 0.500. The van der Waals surface area contributed by atoms with Gasteiger partial charge in [-0.15, -0.1) is 0 Å². The van der Waals surface area contributed by atoms with Crippen molar-refractivity contribution >= 4 is 44.9 Å². The Hall–Kier alpha value is -2.08. The zero-order valence-electron chi connectivity index (χ0n) is 16.9. The van der Waals surface area contributed by atoms with Gasteiger partial charge < -0.3 is 20.1 Å². The number of carbonyl (C=O) groups is 2. The van der Waals surface area contributed by atoms with Crippen LogP contribution in [0.1, 0.15) is 33.6 Å². The monoisotopic (exact) mass is 445 g/mol. The summed E-state index contributed by atoms with van der Waals surface area (Å²) in [5.41, 5.74) is -0.0957. The zero-order valence-corrected chi connectivity index (χ0v) is 18.5. The van der Waals surface area contributed by atoms with Gasteiger partial charge in [-0.1, -0.05) is 0 Å². The number of carbonyl (C=O) groups excluding carboxylic acids is 2. The van der Waals surface area contributed by atoms with E-state index in [0.29, 0.717) is 5.69 Å².